The monoisotopic (exact) mass is 156 g/mol. The highest BCUT2D eigenvalue weighted by molar-refractivity contribution is 5.04. The van der Waals surface area contributed by atoms with Gasteiger partial charge in [0, 0.05) is 5.92 Å². The van der Waals surface area contributed by atoms with Crippen molar-refractivity contribution in [1.82, 2.24) is 0 Å². The summed E-state index contributed by atoms with van der Waals surface area (Å²) in [6, 6.07) is 0. The molecule has 0 radical (unpaired) electrons. The molecule has 0 aliphatic heterocycles. The molecule has 66 valence electrons. The van der Waals surface area contributed by atoms with Gasteiger partial charge in [-0.3, -0.25) is 0 Å². The van der Waals surface area contributed by atoms with E-state index in [1.165, 1.54) is 5.57 Å². The van der Waals surface area contributed by atoms with Gasteiger partial charge in [0.25, 0.3) is 0 Å². The second-order valence-electron chi connectivity index (χ2n) is 3.69. The molecule has 0 N–H and O–H groups in total. The Hall–Kier alpha value is -0.460. The summed E-state index contributed by atoms with van der Waals surface area (Å²) in [5.74, 6) is 1.64. The van der Waals surface area contributed by atoms with Gasteiger partial charge in [-0.05, 0) is 33.3 Å². The SMILES string of the molecule is CC(C)=C(OC(C)C)C(C)C. The van der Waals surface area contributed by atoms with E-state index in [1.807, 2.05) is 0 Å². The van der Waals surface area contributed by atoms with Crippen molar-refractivity contribution in [1.29, 1.82) is 0 Å². The first-order valence-electron chi connectivity index (χ1n) is 4.29. The van der Waals surface area contributed by atoms with Crippen LogP contribution in [0, 0.1) is 5.92 Å². The highest BCUT2D eigenvalue weighted by Crippen LogP contribution is 2.17. The summed E-state index contributed by atoms with van der Waals surface area (Å²) in [4.78, 5) is 0. The Morgan fingerprint density at radius 3 is 1.55 bits per heavy atom. The Labute approximate surface area is 70.4 Å². The molecule has 0 atom stereocenters. The molecule has 0 amide bonds. The molecule has 1 nitrogen and oxygen atoms in total. The summed E-state index contributed by atoms with van der Waals surface area (Å²) in [5, 5.41) is 0. The van der Waals surface area contributed by atoms with Crippen molar-refractivity contribution in [3.05, 3.63) is 11.3 Å². The lowest BCUT2D eigenvalue weighted by atomic mass is 10.1. The minimum Gasteiger partial charge on any atom is -0.495 e. The number of rotatable bonds is 3. The molecule has 0 unspecified atom stereocenters. The molecule has 0 spiro atoms. The average Bonchev–Trinajstić information content (AvgIpc) is 1.81. The van der Waals surface area contributed by atoms with Crippen LogP contribution in [0.25, 0.3) is 0 Å². The quantitative estimate of drug-likeness (QED) is 0.569. The second kappa shape index (κ2) is 4.42. The van der Waals surface area contributed by atoms with Crippen LogP contribution in [0.3, 0.4) is 0 Å². The number of allylic oxidation sites excluding steroid dienone is 2. The minimum atomic E-state index is 0.294. The van der Waals surface area contributed by atoms with Crippen molar-refractivity contribution in [2.24, 2.45) is 5.92 Å². The first-order chi connectivity index (χ1) is 4.95. The van der Waals surface area contributed by atoms with E-state index in [4.69, 9.17) is 4.74 Å². The Kier molecular flexibility index (Phi) is 4.24. The molecule has 0 saturated heterocycles. The predicted molar refractivity (Wildman–Crippen MR) is 49.4 cm³/mol. The summed E-state index contributed by atoms with van der Waals surface area (Å²) in [5.41, 5.74) is 1.29. The molecule has 0 saturated carbocycles. The van der Waals surface area contributed by atoms with Gasteiger partial charge in [0.15, 0.2) is 0 Å². The molecular formula is C10H20O. The van der Waals surface area contributed by atoms with Crippen LogP contribution in [0.15, 0.2) is 11.3 Å². The molecule has 0 fully saturated rings. The summed E-state index contributed by atoms with van der Waals surface area (Å²) in [7, 11) is 0. The van der Waals surface area contributed by atoms with E-state index in [0.29, 0.717) is 12.0 Å². The third-order valence-corrected chi connectivity index (χ3v) is 1.38. The van der Waals surface area contributed by atoms with Crippen molar-refractivity contribution in [2.45, 2.75) is 47.6 Å². The lowest BCUT2D eigenvalue weighted by Crippen LogP contribution is -2.08. The minimum absolute atomic E-state index is 0.294. The third kappa shape index (κ3) is 4.07. The zero-order valence-electron chi connectivity index (χ0n) is 8.56. The van der Waals surface area contributed by atoms with Gasteiger partial charge in [-0.2, -0.15) is 0 Å². The van der Waals surface area contributed by atoms with Crippen LogP contribution in [0.5, 0.6) is 0 Å². The summed E-state index contributed by atoms with van der Waals surface area (Å²) < 4.78 is 5.65. The fourth-order valence-corrected chi connectivity index (χ4v) is 1.09. The van der Waals surface area contributed by atoms with Crippen molar-refractivity contribution in [3.63, 3.8) is 0 Å². The number of hydrogen-bond donors (Lipinski definition) is 0. The highest BCUT2D eigenvalue weighted by Gasteiger charge is 2.07. The van der Waals surface area contributed by atoms with Crippen LogP contribution in [0.4, 0.5) is 0 Å². The molecule has 0 aliphatic carbocycles. The molecular weight excluding hydrogens is 136 g/mol. The molecule has 0 heterocycles. The largest absolute Gasteiger partial charge is 0.495 e. The van der Waals surface area contributed by atoms with Crippen LogP contribution in [-0.4, -0.2) is 6.10 Å². The van der Waals surface area contributed by atoms with E-state index in [9.17, 15) is 0 Å². The van der Waals surface area contributed by atoms with E-state index in [-0.39, 0.29) is 0 Å². The van der Waals surface area contributed by atoms with Crippen molar-refractivity contribution < 1.29 is 4.74 Å². The molecule has 1 heteroatoms. The second-order valence-corrected chi connectivity index (χ2v) is 3.69. The number of hydrogen-bond acceptors (Lipinski definition) is 1. The number of ether oxygens (including phenoxy) is 1. The van der Waals surface area contributed by atoms with E-state index >= 15 is 0 Å². The topological polar surface area (TPSA) is 9.23 Å². The van der Waals surface area contributed by atoms with Gasteiger partial charge in [-0.15, -0.1) is 0 Å². The van der Waals surface area contributed by atoms with Crippen LogP contribution in [0.1, 0.15) is 41.5 Å². The maximum atomic E-state index is 5.65. The zero-order valence-corrected chi connectivity index (χ0v) is 8.56. The average molecular weight is 156 g/mol. The fourth-order valence-electron chi connectivity index (χ4n) is 1.09. The smallest absolute Gasteiger partial charge is 0.0975 e. The summed E-state index contributed by atoms with van der Waals surface area (Å²) in [6.07, 6.45) is 0.294. The van der Waals surface area contributed by atoms with Crippen molar-refractivity contribution in [3.8, 4) is 0 Å². The standard InChI is InChI=1S/C10H20O/c1-7(2)10(8(3)4)11-9(5)6/h7,9H,1-6H3. The normalized spacial score (nSPS) is 10.5. The molecule has 0 aromatic heterocycles. The van der Waals surface area contributed by atoms with Crippen molar-refractivity contribution in [2.75, 3.05) is 0 Å². The molecule has 0 bridgehead atoms. The van der Waals surface area contributed by atoms with Gasteiger partial charge >= 0.3 is 0 Å². The van der Waals surface area contributed by atoms with Crippen LogP contribution < -0.4 is 0 Å². The Morgan fingerprint density at radius 1 is 1.00 bits per heavy atom. The molecule has 0 aromatic rings. The van der Waals surface area contributed by atoms with Crippen LogP contribution in [-0.2, 0) is 4.74 Å². The lowest BCUT2D eigenvalue weighted by molar-refractivity contribution is 0.123. The van der Waals surface area contributed by atoms with Gasteiger partial charge in [-0.25, -0.2) is 0 Å². The van der Waals surface area contributed by atoms with Crippen LogP contribution in [0.2, 0.25) is 0 Å². The van der Waals surface area contributed by atoms with E-state index in [0.717, 1.165) is 5.76 Å². The first kappa shape index (κ1) is 10.5. The zero-order chi connectivity index (χ0) is 9.02. The molecule has 0 aliphatic rings. The maximum Gasteiger partial charge on any atom is 0.0975 e. The van der Waals surface area contributed by atoms with E-state index < -0.39 is 0 Å². The molecule has 0 aromatic carbocycles. The Balaban J connectivity index is 4.26. The van der Waals surface area contributed by atoms with Gasteiger partial charge < -0.3 is 4.74 Å². The van der Waals surface area contributed by atoms with Crippen molar-refractivity contribution >= 4 is 0 Å². The highest BCUT2D eigenvalue weighted by atomic mass is 16.5. The fraction of sp³-hybridized carbons (Fsp3) is 0.800. The van der Waals surface area contributed by atoms with E-state index in [1.54, 1.807) is 0 Å². The van der Waals surface area contributed by atoms with E-state index in [2.05, 4.69) is 41.5 Å². The lowest BCUT2D eigenvalue weighted by Gasteiger charge is -2.18. The van der Waals surface area contributed by atoms with Gasteiger partial charge in [0.1, 0.15) is 0 Å². The van der Waals surface area contributed by atoms with Gasteiger partial charge in [0.05, 0.1) is 11.9 Å². The third-order valence-electron chi connectivity index (χ3n) is 1.38. The Bertz CT molecular complexity index is 139. The maximum absolute atomic E-state index is 5.65. The first-order valence-corrected chi connectivity index (χ1v) is 4.29. The summed E-state index contributed by atoms with van der Waals surface area (Å²) >= 11 is 0. The molecule has 0 rings (SSSR count). The molecule has 11 heavy (non-hydrogen) atoms. The summed E-state index contributed by atoms with van der Waals surface area (Å²) in [6.45, 7) is 12.6. The van der Waals surface area contributed by atoms with Crippen LogP contribution >= 0.6 is 0 Å². The van der Waals surface area contributed by atoms with Gasteiger partial charge in [-0.1, -0.05) is 13.8 Å². The predicted octanol–water partition coefficient (Wildman–Crippen LogP) is 3.36. The van der Waals surface area contributed by atoms with Gasteiger partial charge in [0.2, 0.25) is 0 Å². The Morgan fingerprint density at radius 2 is 1.45 bits per heavy atom.